The van der Waals surface area contributed by atoms with E-state index in [0.717, 1.165) is 17.5 Å². The number of rotatable bonds is 2. The highest BCUT2D eigenvalue weighted by atomic mass is 16.3. The summed E-state index contributed by atoms with van der Waals surface area (Å²) in [7, 11) is 0. The molecule has 0 aromatic heterocycles. The number of aliphatic hydroxyl groups is 1. The van der Waals surface area contributed by atoms with Crippen molar-refractivity contribution in [3.05, 3.63) is 71.3 Å². The molecule has 0 amide bonds. The molecule has 1 heteroatoms. The first-order valence-corrected chi connectivity index (χ1v) is 6.52. The second-order valence-electron chi connectivity index (χ2n) is 4.70. The van der Waals surface area contributed by atoms with E-state index in [2.05, 4.69) is 24.8 Å². The van der Waals surface area contributed by atoms with E-state index in [1.165, 1.54) is 5.56 Å². The average molecular weight is 250 g/mol. The molecule has 2 aromatic carbocycles. The van der Waals surface area contributed by atoms with Gasteiger partial charge in [-0.15, -0.1) is 0 Å². The second-order valence-corrected chi connectivity index (χ2v) is 4.70. The van der Waals surface area contributed by atoms with Gasteiger partial charge >= 0.3 is 0 Å². The van der Waals surface area contributed by atoms with Crippen LogP contribution in [-0.2, 0) is 12.0 Å². The zero-order valence-electron chi connectivity index (χ0n) is 11.4. The van der Waals surface area contributed by atoms with Crippen molar-refractivity contribution < 1.29 is 5.11 Å². The molecule has 0 saturated heterocycles. The summed E-state index contributed by atoms with van der Waals surface area (Å²) in [6, 6.07) is 17.6. The minimum atomic E-state index is -1.12. The van der Waals surface area contributed by atoms with Crippen molar-refractivity contribution in [2.24, 2.45) is 0 Å². The van der Waals surface area contributed by atoms with E-state index < -0.39 is 5.60 Å². The van der Waals surface area contributed by atoms with E-state index in [-0.39, 0.29) is 0 Å². The molecule has 19 heavy (non-hydrogen) atoms. The van der Waals surface area contributed by atoms with Crippen LogP contribution < -0.4 is 0 Å². The molecule has 0 bridgehead atoms. The molecule has 0 aliphatic heterocycles. The van der Waals surface area contributed by atoms with Gasteiger partial charge in [0.25, 0.3) is 0 Å². The third-order valence-electron chi connectivity index (χ3n) is 3.17. The van der Waals surface area contributed by atoms with E-state index in [4.69, 9.17) is 0 Å². The quantitative estimate of drug-likeness (QED) is 0.809. The van der Waals surface area contributed by atoms with Gasteiger partial charge in [0.1, 0.15) is 5.60 Å². The Labute approximate surface area is 114 Å². The number of hydrogen-bond donors (Lipinski definition) is 1. The van der Waals surface area contributed by atoms with E-state index >= 15 is 0 Å². The van der Waals surface area contributed by atoms with Crippen LogP contribution in [0.1, 0.15) is 30.5 Å². The summed E-state index contributed by atoms with van der Waals surface area (Å²) >= 11 is 0. The summed E-state index contributed by atoms with van der Waals surface area (Å²) in [6.07, 6.45) is 0.943. The molecule has 1 nitrogen and oxygen atoms in total. The van der Waals surface area contributed by atoms with Crippen LogP contribution in [0.5, 0.6) is 0 Å². The first-order chi connectivity index (χ1) is 9.13. The maximum absolute atomic E-state index is 10.4. The number of benzene rings is 2. The molecule has 0 aliphatic rings. The van der Waals surface area contributed by atoms with Crippen LogP contribution in [0.3, 0.4) is 0 Å². The Bertz CT molecular complexity index is 600. The second kappa shape index (κ2) is 5.73. The Kier molecular flexibility index (Phi) is 4.04. The summed E-state index contributed by atoms with van der Waals surface area (Å²) in [5, 5.41) is 10.4. The lowest BCUT2D eigenvalue weighted by Gasteiger charge is -2.16. The Balaban J connectivity index is 2.33. The van der Waals surface area contributed by atoms with Gasteiger partial charge in [-0.25, -0.2) is 0 Å². The highest BCUT2D eigenvalue weighted by molar-refractivity contribution is 5.44. The van der Waals surface area contributed by atoms with Gasteiger partial charge in [0, 0.05) is 5.56 Å². The Morgan fingerprint density at radius 2 is 1.63 bits per heavy atom. The fourth-order valence-corrected chi connectivity index (χ4v) is 1.97. The summed E-state index contributed by atoms with van der Waals surface area (Å²) in [6.45, 7) is 3.83. The minimum Gasteiger partial charge on any atom is -0.374 e. The first-order valence-electron chi connectivity index (χ1n) is 6.52. The maximum Gasteiger partial charge on any atom is 0.148 e. The van der Waals surface area contributed by atoms with Crippen molar-refractivity contribution in [2.45, 2.75) is 25.9 Å². The van der Waals surface area contributed by atoms with Crippen molar-refractivity contribution in [1.82, 2.24) is 0 Å². The summed E-state index contributed by atoms with van der Waals surface area (Å²) in [5.41, 5.74) is 1.89. The topological polar surface area (TPSA) is 20.2 Å². The van der Waals surface area contributed by atoms with Gasteiger partial charge in [0.15, 0.2) is 0 Å². The molecule has 1 N–H and O–H groups in total. The largest absolute Gasteiger partial charge is 0.374 e. The third kappa shape index (κ3) is 3.24. The molecule has 0 radical (unpaired) electrons. The third-order valence-corrected chi connectivity index (χ3v) is 3.17. The molecule has 0 spiro atoms. The summed E-state index contributed by atoms with van der Waals surface area (Å²) in [5.74, 6) is 6.07. The van der Waals surface area contributed by atoms with Crippen molar-refractivity contribution in [3.8, 4) is 11.8 Å². The molecule has 0 heterocycles. The zero-order valence-corrected chi connectivity index (χ0v) is 11.4. The molecule has 96 valence electrons. The van der Waals surface area contributed by atoms with Crippen LogP contribution in [0, 0.1) is 11.8 Å². The van der Waals surface area contributed by atoms with Crippen molar-refractivity contribution >= 4 is 0 Å². The molecule has 0 aliphatic carbocycles. The smallest absolute Gasteiger partial charge is 0.148 e. The fraction of sp³-hybridized carbons (Fsp3) is 0.222. The Morgan fingerprint density at radius 3 is 2.32 bits per heavy atom. The molecule has 0 saturated carbocycles. The Hall–Kier alpha value is -2.04. The molecular weight excluding hydrogens is 232 g/mol. The predicted molar refractivity (Wildman–Crippen MR) is 78.7 cm³/mol. The van der Waals surface area contributed by atoms with Crippen LogP contribution in [0.15, 0.2) is 54.6 Å². The fourth-order valence-electron chi connectivity index (χ4n) is 1.97. The SMILES string of the molecule is CCc1ccccc1C#CC(C)(O)c1ccccc1. The lowest BCUT2D eigenvalue weighted by Crippen LogP contribution is -2.18. The standard InChI is InChI=1S/C18H18O/c1-3-15-9-7-8-10-16(15)13-14-18(2,19)17-11-5-4-6-12-17/h4-12,19H,3H2,1-2H3. The van der Waals surface area contributed by atoms with E-state index in [9.17, 15) is 5.11 Å². The average Bonchev–Trinajstić information content (AvgIpc) is 2.46. The van der Waals surface area contributed by atoms with Gasteiger partial charge < -0.3 is 5.11 Å². The lowest BCUT2D eigenvalue weighted by molar-refractivity contribution is 0.122. The minimum absolute atomic E-state index is 0.816. The van der Waals surface area contributed by atoms with Crippen molar-refractivity contribution in [1.29, 1.82) is 0 Å². The van der Waals surface area contributed by atoms with Crippen molar-refractivity contribution in [2.75, 3.05) is 0 Å². The molecule has 2 rings (SSSR count). The summed E-state index contributed by atoms with van der Waals surface area (Å²) < 4.78 is 0. The lowest BCUT2D eigenvalue weighted by atomic mass is 9.96. The zero-order chi connectivity index (χ0) is 13.7. The summed E-state index contributed by atoms with van der Waals surface area (Å²) in [4.78, 5) is 0. The highest BCUT2D eigenvalue weighted by Gasteiger charge is 2.19. The van der Waals surface area contributed by atoms with Crippen LogP contribution in [-0.4, -0.2) is 5.11 Å². The Morgan fingerprint density at radius 1 is 1.00 bits per heavy atom. The monoisotopic (exact) mass is 250 g/mol. The van der Waals surface area contributed by atoms with E-state index in [0.29, 0.717) is 0 Å². The van der Waals surface area contributed by atoms with Gasteiger partial charge in [0.05, 0.1) is 0 Å². The van der Waals surface area contributed by atoms with Crippen LogP contribution >= 0.6 is 0 Å². The predicted octanol–water partition coefficient (Wildman–Crippen LogP) is 3.51. The molecule has 1 unspecified atom stereocenters. The molecular formula is C18H18O. The van der Waals surface area contributed by atoms with E-state index in [1.54, 1.807) is 6.92 Å². The van der Waals surface area contributed by atoms with Gasteiger partial charge in [-0.1, -0.05) is 67.3 Å². The molecule has 0 fully saturated rings. The van der Waals surface area contributed by atoms with Crippen LogP contribution in [0.2, 0.25) is 0 Å². The highest BCUT2D eigenvalue weighted by Crippen LogP contribution is 2.19. The van der Waals surface area contributed by atoms with Gasteiger partial charge in [0.2, 0.25) is 0 Å². The van der Waals surface area contributed by atoms with Gasteiger partial charge in [-0.3, -0.25) is 0 Å². The van der Waals surface area contributed by atoms with E-state index in [1.807, 2.05) is 48.5 Å². The number of aryl methyl sites for hydroxylation is 1. The van der Waals surface area contributed by atoms with Gasteiger partial charge in [-0.2, -0.15) is 0 Å². The van der Waals surface area contributed by atoms with Gasteiger partial charge in [-0.05, 0) is 30.5 Å². The maximum atomic E-state index is 10.4. The van der Waals surface area contributed by atoms with Crippen LogP contribution in [0.4, 0.5) is 0 Å². The molecule has 2 aromatic rings. The molecule has 1 atom stereocenters. The first kappa shape index (κ1) is 13.4. The van der Waals surface area contributed by atoms with Crippen molar-refractivity contribution in [3.63, 3.8) is 0 Å². The normalized spacial score (nSPS) is 13.2. The number of hydrogen-bond acceptors (Lipinski definition) is 1. The van der Waals surface area contributed by atoms with Crippen LogP contribution in [0.25, 0.3) is 0 Å².